The summed E-state index contributed by atoms with van der Waals surface area (Å²) in [6, 6.07) is 16.6. The minimum Gasteiger partial charge on any atom is -0.481 e. The van der Waals surface area contributed by atoms with Crippen LogP contribution in [0.4, 0.5) is 5.69 Å². The van der Waals surface area contributed by atoms with Crippen LogP contribution >= 0.6 is 0 Å². The van der Waals surface area contributed by atoms with E-state index in [0.717, 1.165) is 5.56 Å². The molecule has 0 spiro atoms. The summed E-state index contributed by atoms with van der Waals surface area (Å²) in [6.07, 6.45) is 0.00887. The fourth-order valence-corrected chi connectivity index (χ4v) is 3.16. The number of nitrogens with zero attached hydrogens (tertiary/aromatic N) is 1. The van der Waals surface area contributed by atoms with E-state index in [9.17, 15) is 14.4 Å². The summed E-state index contributed by atoms with van der Waals surface area (Å²) >= 11 is 0. The van der Waals surface area contributed by atoms with E-state index in [1.165, 1.54) is 4.90 Å². The van der Waals surface area contributed by atoms with Crippen molar-refractivity contribution < 1.29 is 19.5 Å². The predicted octanol–water partition coefficient (Wildman–Crippen LogP) is 2.66. The van der Waals surface area contributed by atoms with Gasteiger partial charge in [-0.15, -0.1) is 0 Å². The van der Waals surface area contributed by atoms with Gasteiger partial charge in [-0.25, -0.2) is 0 Å². The zero-order valence-electron chi connectivity index (χ0n) is 15.1. The number of amides is 2. The summed E-state index contributed by atoms with van der Waals surface area (Å²) in [5.41, 5.74) is 2.27. The predicted molar refractivity (Wildman–Crippen MR) is 102 cm³/mol. The molecule has 2 amide bonds. The Hall–Kier alpha value is -3.15. The van der Waals surface area contributed by atoms with Gasteiger partial charge in [-0.05, 0) is 35.7 Å². The molecule has 0 aliphatic carbocycles. The van der Waals surface area contributed by atoms with Crippen molar-refractivity contribution in [2.45, 2.75) is 19.3 Å². The lowest BCUT2D eigenvalue weighted by Gasteiger charge is -2.17. The van der Waals surface area contributed by atoms with Gasteiger partial charge in [0, 0.05) is 30.8 Å². The maximum absolute atomic E-state index is 12.3. The summed E-state index contributed by atoms with van der Waals surface area (Å²) in [4.78, 5) is 36.9. The number of rotatable bonds is 6. The first-order chi connectivity index (χ1) is 13.0. The highest BCUT2D eigenvalue weighted by molar-refractivity contribution is 6.00. The lowest BCUT2D eigenvalue weighted by molar-refractivity contribution is -0.141. The molecule has 2 aromatic rings. The molecular formula is C21H22N2O4. The molecule has 1 aliphatic heterocycles. The summed E-state index contributed by atoms with van der Waals surface area (Å²) < 4.78 is 0. The summed E-state index contributed by atoms with van der Waals surface area (Å²) in [5.74, 6) is -1.84. The van der Waals surface area contributed by atoms with Gasteiger partial charge >= 0.3 is 5.97 Å². The fourth-order valence-electron chi connectivity index (χ4n) is 3.16. The summed E-state index contributed by atoms with van der Waals surface area (Å²) in [7, 11) is 0. The number of anilines is 1. The molecule has 3 rings (SSSR count). The standard InChI is InChI=1S/C21H22N2O4/c1-14(15-5-3-2-4-6-15)12-22-20(25)16-7-9-18(10-8-16)23-13-17(21(26)27)11-19(23)24/h2-10,14,17H,11-13H2,1H3,(H,22,25)(H,26,27). The molecule has 1 heterocycles. The van der Waals surface area contributed by atoms with Crippen LogP contribution in [-0.2, 0) is 9.59 Å². The Labute approximate surface area is 157 Å². The van der Waals surface area contributed by atoms with Gasteiger partial charge in [-0.2, -0.15) is 0 Å². The molecule has 6 heteroatoms. The number of nitrogens with one attached hydrogen (secondary N) is 1. The molecule has 6 nitrogen and oxygen atoms in total. The summed E-state index contributed by atoms with van der Waals surface area (Å²) in [6.45, 7) is 2.74. The Kier molecular flexibility index (Phi) is 5.54. The van der Waals surface area contributed by atoms with Crippen molar-refractivity contribution in [1.82, 2.24) is 5.32 Å². The van der Waals surface area contributed by atoms with Crippen LogP contribution in [0.5, 0.6) is 0 Å². The summed E-state index contributed by atoms with van der Waals surface area (Å²) in [5, 5.41) is 12.0. The first-order valence-corrected chi connectivity index (χ1v) is 8.92. The van der Waals surface area contributed by atoms with Gasteiger partial charge in [0.15, 0.2) is 0 Å². The molecule has 1 saturated heterocycles. The second-order valence-electron chi connectivity index (χ2n) is 6.81. The highest BCUT2D eigenvalue weighted by Crippen LogP contribution is 2.25. The molecule has 2 aromatic carbocycles. The molecule has 0 bridgehead atoms. The van der Waals surface area contributed by atoms with Crippen LogP contribution in [0.25, 0.3) is 0 Å². The smallest absolute Gasteiger partial charge is 0.308 e. The first kappa shape index (κ1) is 18.6. The molecule has 140 valence electrons. The number of hydrogen-bond acceptors (Lipinski definition) is 3. The van der Waals surface area contributed by atoms with E-state index < -0.39 is 11.9 Å². The Morgan fingerprint density at radius 3 is 2.41 bits per heavy atom. The van der Waals surface area contributed by atoms with Crippen molar-refractivity contribution in [3.63, 3.8) is 0 Å². The highest BCUT2D eigenvalue weighted by atomic mass is 16.4. The largest absolute Gasteiger partial charge is 0.481 e. The Morgan fingerprint density at radius 2 is 1.81 bits per heavy atom. The molecule has 1 aliphatic rings. The van der Waals surface area contributed by atoms with E-state index in [1.54, 1.807) is 24.3 Å². The van der Waals surface area contributed by atoms with E-state index >= 15 is 0 Å². The van der Waals surface area contributed by atoms with Crippen LogP contribution in [0.2, 0.25) is 0 Å². The van der Waals surface area contributed by atoms with Crippen LogP contribution in [0.3, 0.4) is 0 Å². The molecule has 1 fully saturated rings. The van der Waals surface area contributed by atoms with Crippen LogP contribution in [0, 0.1) is 5.92 Å². The normalized spacial score (nSPS) is 17.6. The number of aliphatic carboxylic acids is 1. The van der Waals surface area contributed by atoms with Gasteiger partial charge in [-0.3, -0.25) is 14.4 Å². The van der Waals surface area contributed by atoms with Crippen LogP contribution < -0.4 is 10.2 Å². The molecule has 2 N–H and O–H groups in total. The molecule has 0 saturated carbocycles. The van der Waals surface area contributed by atoms with Crippen molar-refractivity contribution in [2.24, 2.45) is 5.92 Å². The second kappa shape index (κ2) is 8.03. The fraction of sp³-hybridized carbons (Fsp3) is 0.286. The number of carbonyl (C=O) groups excluding carboxylic acids is 2. The lowest BCUT2D eigenvalue weighted by atomic mass is 10.0. The zero-order valence-corrected chi connectivity index (χ0v) is 15.1. The van der Waals surface area contributed by atoms with E-state index in [0.29, 0.717) is 17.8 Å². The topological polar surface area (TPSA) is 86.7 Å². The number of carboxylic acid groups (broad SMARTS) is 1. The molecular weight excluding hydrogens is 344 g/mol. The third kappa shape index (κ3) is 4.34. The van der Waals surface area contributed by atoms with Crippen molar-refractivity contribution in [3.8, 4) is 0 Å². The van der Waals surface area contributed by atoms with Gasteiger partial charge in [0.2, 0.25) is 5.91 Å². The maximum Gasteiger partial charge on any atom is 0.308 e. The van der Waals surface area contributed by atoms with Crippen molar-refractivity contribution in [3.05, 3.63) is 65.7 Å². The number of carboxylic acids is 1. The monoisotopic (exact) mass is 366 g/mol. The quantitative estimate of drug-likeness (QED) is 0.823. The van der Waals surface area contributed by atoms with Gasteiger partial charge in [0.25, 0.3) is 5.91 Å². The van der Waals surface area contributed by atoms with Crippen LogP contribution in [-0.4, -0.2) is 36.0 Å². The van der Waals surface area contributed by atoms with E-state index in [1.807, 2.05) is 30.3 Å². The van der Waals surface area contributed by atoms with E-state index in [-0.39, 0.29) is 30.7 Å². The van der Waals surface area contributed by atoms with Gasteiger partial charge < -0.3 is 15.3 Å². The molecule has 27 heavy (non-hydrogen) atoms. The van der Waals surface area contributed by atoms with Crippen molar-refractivity contribution >= 4 is 23.5 Å². The molecule has 2 unspecified atom stereocenters. The van der Waals surface area contributed by atoms with Crippen LogP contribution in [0.1, 0.15) is 35.2 Å². The van der Waals surface area contributed by atoms with Crippen LogP contribution in [0.15, 0.2) is 54.6 Å². The Balaban J connectivity index is 1.59. The average Bonchev–Trinajstić information content (AvgIpc) is 3.08. The third-order valence-electron chi connectivity index (χ3n) is 4.85. The van der Waals surface area contributed by atoms with E-state index in [4.69, 9.17) is 5.11 Å². The van der Waals surface area contributed by atoms with Gasteiger partial charge in [0.1, 0.15) is 0 Å². The van der Waals surface area contributed by atoms with Crippen molar-refractivity contribution in [2.75, 3.05) is 18.0 Å². The van der Waals surface area contributed by atoms with Gasteiger partial charge in [-0.1, -0.05) is 37.3 Å². The lowest BCUT2D eigenvalue weighted by Crippen LogP contribution is -2.28. The third-order valence-corrected chi connectivity index (χ3v) is 4.85. The number of benzene rings is 2. The number of hydrogen-bond donors (Lipinski definition) is 2. The maximum atomic E-state index is 12.3. The molecule has 0 aromatic heterocycles. The first-order valence-electron chi connectivity index (χ1n) is 8.92. The average molecular weight is 366 g/mol. The highest BCUT2D eigenvalue weighted by Gasteiger charge is 2.35. The minimum absolute atomic E-state index is 0.00887. The zero-order chi connectivity index (χ0) is 19.4. The SMILES string of the molecule is CC(CNC(=O)c1ccc(N2CC(C(=O)O)CC2=O)cc1)c1ccccc1. The van der Waals surface area contributed by atoms with Crippen molar-refractivity contribution in [1.29, 1.82) is 0 Å². The molecule has 2 atom stereocenters. The molecule has 0 radical (unpaired) electrons. The van der Waals surface area contributed by atoms with E-state index in [2.05, 4.69) is 12.2 Å². The minimum atomic E-state index is -0.964. The Morgan fingerprint density at radius 1 is 1.15 bits per heavy atom. The Bertz CT molecular complexity index is 833. The number of carbonyl (C=O) groups is 3. The van der Waals surface area contributed by atoms with Gasteiger partial charge in [0.05, 0.1) is 5.92 Å². The second-order valence-corrected chi connectivity index (χ2v) is 6.81.